The van der Waals surface area contributed by atoms with Crippen molar-refractivity contribution in [1.29, 1.82) is 0 Å². The van der Waals surface area contributed by atoms with E-state index in [9.17, 15) is 4.79 Å². The Morgan fingerprint density at radius 1 is 1.38 bits per heavy atom. The standard InChI is InChI=1S/C10H14N4O2/c1-6-7(2)12-13-10(11-6)14-4-8(5-15)3-9(14)16/h8,15H,3-5H2,1-2H3. The van der Waals surface area contributed by atoms with E-state index in [-0.39, 0.29) is 18.4 Å². The highest BCUT2D eigenvalue weighted by atomic mass is 16.3. The molecule has 1 saturated heterocycles. The molecule has 86 valence electrons. The number of aliphatic hydroxyl groups is 1. The van der Waals surface area contributed by atoms with Crippen molar-refractivity contribution in [2.24, 2.45) is 5.92 Å². The highest BCUT2D eigenvalue weighted by molar-refractivity contribution is 5.93. The molecule has 16 heavy (non-hydrogen) atoms. The fourth-order valence-corrected chi connectivity index (χ4v) is 1.66. The lowest BCUT2D eigenvalue weighted by Crippen LogP contribution is -2.27. The van der Waals surface area contributed by atoms with Crippen molar-refractivity contribution in [2.45, 2.75) is 20.3 Å². The number of rotatable bonds is 2. The third kappa shape index (κ3) is 1.88. The first-order valence-corrected chi connectivity index (χ1v) is 5.21. The van der Waals surface area contributed by atoms with E-state index in [1.165, 1.54) is 4.90 Å². The van der Waals surface area contributed by atoms with Gasteiger partial charge in [0.25, 0.3) is 5.95 Å². The summed E-state index contributed by atoms with van der Waals surface area (Å²) in [6, 6.07) is 0. The summed E-state index contributed by atoms with van der Waals surface area (Å²) in [7, 11) is 0. The molecule has 1 N–H and O–H groups in total. The summed E-state index contributed by atoms with van der Waals surface area (Å²) >= 11 is 0. The molecule has 0 aromatic carbocycles. The minimum atomic E-state index is -0.0518. The SMILES string of the molecule is Cc1nnc(N2CC(CO)CC2=O)nc1C. The molecular formula is C10H14N4O2. The van der Waals surface area contributed by atoms with Gasteiger partial charge >= 0.3 is 0 Å². The van der Waals surface area contributed by atoms with Crippen LogP contribution in [0.2, 0.25) is 0 Å². The zero-order chi connectivity index (χ0) is 11.7. The summed E-state index contributed by atoms with van der Waals surface area (Å²) in [5, 5.41) is 16.9. The van der Waals surface area contributed by atoms with Gasteiger partial charge in [-0.1, -0.05) is 0 Å². The number of aliphatic hydroxyl groups excluding tert-OH is 1. The van der Waals surface area contributed by atoms with Crippen molar-refractivity contribution in [3.8, 4) is 0 Å². The van der Waals surface area contributed by atoms with Crippen molar-refractivity contribution in [3.63, 3.8) is 0 Å². The Bertz CT molecular complexity index is 421. The van der Waals surface area contributed by atoms with Crippen LogP contribution < -0.4 is 4.90 Å². The fourth-order valence-electron chi connectivity index (χ4n) is 1.66. The van der Waals surface area contributed by atoms with Crippen molar-refractivity contribution in [1.82, 2.24) is 15.2 Å². The van der Waals surface area contributed by atoms with E-state index in [1.807, 2.05) is 13.8 Å². The molecule has 0 spiro atoms. The minimum Gasteiger partial charge on any atom is -0.396 e. The number of anilines is 1. The Morgan fingerprint density at radius 3 is 2.69 bits per heavy atom. The molecule has 2 rings (SSSR count). The maximum atomic E-state index is 11.6. The highest BCUT2D eigenvalue weighted by Gasteiger charge is 2.32. The second-order valence-corrected chi connectivity index (χ2v) is 4.04. The zero-order valence-corrected chi connectivity index (χ0v) is 9.34. The second kappa shape index (κ2) is 4.13. The van der Waals surface area contributed by atoms with Crippen LogP contribution in [-0.2, 0) is 4.79 Å². The number of hydrogen-bond donors (Lipinski definition) is 1. The first-order chi connectivity index (χ1) is 7.61. The molecule has 0 saturated carbocycles. The predicted molar refractivity (Wildman–Crippen MR) is 56.8 cm³/mol. The normalized spacial score (nSPS) is 20.6. The van der Waals surface area contributed by atoms with Crippen LogP contribution in [0.3, 0.4) is 0 Å². The average Bonchev–Trinajstić information content (AvgIpc) is 2.64. The Hall–Kier alpha value is -1.56. The van der Waals surface area contributed by atoms with E-state index >= 15 is 0 Å². The molecule has 1 atom stereocenters. The lowest BCUT2D eigenvalue weighted by atomic mass is 10.1. The van der Waals surface area contributed by atoms with E-state index in [0.29, 0.717) is 18.9 Å². The van der Waals surface area contributed by atoms with Crippen molar-refractivity contribution in [3.05, 3.63) is 11.4 Å². The van der Waals surface area contributed by atoms with E-state index in [2.05, 4.69) is 15.2 Å². The Morgan fingerprint density at radius 2 is 2.12 bits per heavy atom. The molecule has 2 heterocycles. The summed E-state index contributed by atoms with van der Waals surface area (Å²) < 4.78 is 0. The molecule has 0 aliphatic carbocycles. The van der Waals surface area contributed by atoms with Crippen LogP contribution in [0, 0.1) is 19.8 Å². The number of aromatic nitrogens is 3. The van der Waals surface area contributed by atoms with Gasteiger partial charge in [-0.2, -0.15) is 5.10 Å². The molecular weight excluding hydrogens is 208 g/mol. The first-order valence-electron chi connectivity index (χ1n) is 5.21. The lowest BCUT2D eigenvalue weighted by molar-refractivity contribution is -0.117. The van der Waals surface area contributed by atoms with Crippen LogP contribution in [0.1, 0.15) is 17.8 Å². The van der Waals surface area contributed by atoms with Gasteiger partial charge in [0.05, 0.1) is 11.4 Å². The summed E-state index contributed by atoms with van der Waals surface area (Å²) in [5.41, 5.74) is 1.53. The van der Waals surface area contributed by atoms with Gasteiger partial charge in [-0.25, -0.2) is 4.98 Å². The quantitative estimate of drug-likeness (QED) is 0.751. The molecule has 6 nitrogen and oxygen atoms in total. The molecule has 0 bridgehead atoms. The third-order valence-corrected chi connectivity index (χ3v) is 2.79. The number of aryl methyl sites for hydroxylation is 2. The van der Waals surface area contributed by atoms with Gasteiger partial charge in [0.1, 0.15) is 0 Å². The molecule has 1 aliphatic heterocycles. The number of carbonyl (C=O) groups excluding carboxylic acids is 1. The van der Waals surface area contributed by atoms with Gasteiger partial charge in [-0.3, -0.25) is 9.69 Å². The van der Waals surface area contributed by atoms with Crippen LogP contribution >= 0.6 is 0 Å². The number of hydrogen-bond acceptors (Lipinski definition) is 5. The topological polar surface area (TPSA) is 79.2 Å². The van der Waals surface area contributed by atoms with Crippen molar-refractivity contribution < 1.29 is 9.90 Å². The Labute approximate surface area is 93.3 Å². The van der Waals surface area contributed by atoms with E-state index in [0.717, 1.165) is 11.4 Å². The molecule has 0 radical (unpaired) electrons. The van der Waals surface area contributed by atoms with Crippen molar-refractivity contribution in [2.75, 3.05) is 18.1 Å². The molecule has 1 aliphatic rings. The van der Waals surface area contributed by atoms with Crippen LogP contribution in [0.5, 0.6) is 0 Å². The monoisotopic (exact) mass is 222 g/mol. The van der Waals surface area contributed by atoms with Gasteiger partial charge in [-0.15, -0.1) is 5.10 Å². The summed E-state index contributed by atoms with van der Waals surface area (Å²) in [4.78, 5) is 17.4. The highest BCUT2D eigenvalue weighted by Crippen LogP contribution is 2.21. The largest absolute Gasteiger partial charge is 0.396 e. The molecule has 1 amide bonds. The number of nitrogens with zero attached hydrogens (tertiary/aromatic N) is 4. The fraction of sp³-hybridized carbons (Fsp3) is 0.600. The van der Waals surface area contributed by atoms with Gasteiger partial charge < -0.3 is 5.11 Å². The first kappa shape index (κ1) is 10.9. The lowest BCUT2D eigenvalue weighted by Gasteiger charge is -2.13. The maximum absolute atomic E-state index is 11.6. The van der Waals surface area contributed by atoms with Crippen LogP contribution in [0.15, 0.2) is 0 Å². The number of amides is 1. The molecule has 6 heteroatoms. The summed E-state index contributed by atoms with van der Waals surface area (Å²) in [5.74, 6) is 0.269. The van der Waals surface area contributed by atoms with Crippen LogP contribution in [0.25, 0.3) is 0 Å². The van der Waals surface area contributed by atoms with Gasteiger partial charge in [0.15, 0.2) is 0 Å². The Kier molecular flexibility index (Phi) is 2.82. The molecule has 1 unspecified atom stereocenters. The Balaban J connectivity index is 2.24. The van der Waals surface area contributed by atoms with Gasteiger partial charge in [0, 0.05) is 25.5 Å². The van der Waals surface area contributed by atoms with Gasteiger partial charge in [-0.05, 0) is 13.8 Å². The van der Waals surface area contributed by atoms with E-state index < -0.39 is 0 Å². The molecule has 1 aromatic rings. The summed E-state index contributed by atoms with van der Waals surface area (Å²) in [6.45, 7) is 4.14. The van der Waals surface area contributed by atoms with Crippen LogP contribution in [0.4, 0.5) is 5.95 Å². The van der Waals surface area contributed by atoms with E-state index in [4.69, 9.17) is 5.11 Å². The van der Waals surface area contributed by atoms with Crippen LogP contribution in [-0.4, -0.2) is 39.3 Å². The predicted octanol–water partition coefficient (Wildman–Crippen LogP) is -0.166. The van der Waals surface area contributed by atoms with Crippen molar-refractivity contribution >= 4 is 11.9 Å². The second-order valence-electron chi connectivity index (χ2n) is 4.04. The molecule has 1 aromatic heterocycles. The zero-order valence-electron chi connectivity index (χ0n) is 9.34. The number of carbonyl (C=O) groups is 1. The van der Waals surface area contributed by atoms with Gasteiger partial charge in [0.2, 0.25) is 5.91 Å². The average molecular weight is 222 g/mol. The third-order valence-electron chi connectivity index (χ3n) is 2.79. The maximum Gasteiger partial charge on any atom is 0.252 e. The summed E-state index contributed by atoms with van der Waals surface area (Å²) in [6.07, 6.45) is 0.354. The van der Waals surface area contributed by atoms with E-state index in [1.54, 1.807) is 0 Å². The smallest absolute Gasteiger partial charge is 0.252 e. The minimum absolute atomic E-state index is 0.0144. The molecule has 1 fully saturated rings.